The van der Waals surface area contributed by atoms with Gasteiger partial charge in [-0.1, -0.05) is 12.1 Å². The molecule has 1 saturated heterocycles. The van der Waals surface area contributed by atoms with Gasteiger partial charge in [-0.05, 0) is 51.8 Å². The van der Waals surface area contributed by atoms with Crippen LogP contribution >= 0.6 is 0 Å². The van der Waals surface area contributed by atoms with Gasteiger partial charge in [-0.2, -0.15) is 0 Å². The molecule has 0 aromatic heterocycles. The van der Waals surface area contributed by atoms with E-state index in [2.05, 4.69) is 15.6 Å². The number of ether oxygens (including phenoxy) is 1. The van der Waals surface area contributed by atoms with Gasteiger partial charge in [0.05, 0.1) is 11.7 Å². The minimum atomic E-state index is -0.495. The molecule has 8 heteroatoms. The molecule has 0 unspecified atom stereocenters. The van der Waals surface area contributed by atoms with Gasteiger partial charge in [0.25, 0.3) is 5.91 Å². The molecule has 2 aliphatic rings. The number of nitrogens with two attached hydrogens (primary N) is 1. The number of hydrogen-bond acceptors (Lipinski definition) is 6. The zero-order valence-corrected chi connectivity index (χ0v) is 18.6. The summed E-state index contributed by atoms with van der Waals surface area (Å²) in [5.41, 5.74) is 8.35. The highest BCUT2D eigenvalue weighted by molar-refractivity contribution is 6.25. The Kier molecular flexibility index (Phi) is 5.78. The number of nitrogens with one attached hydrogen (secondary N) is 2. The Morgan fingerprint density at radius 3 is 2.69 bits per heavy atom. The largest absolute Gasteiger partial charge is 0.444 e. The molecule has 2 aromatic rings. The molecule has 168 valence electrons. The first-order valence-corrected chi connectivity index (χ1v) is 10.8. The van der Waals surface area contributed by atoms with Gasteiger partial charge in [-0.15, -0.1) is 0 Å². The Hall–Kier alpha value is -3.55. The van der Waals surface area contributed by atoms with Gasteiger partial charge in [0.15, 0.2) is 0 Å². The molecule has 2 aliphatic heterocycles. The number of piperidine rings is 1. The first kappa shape index (κ1) is 21.7. The van der Waals surface area contributed by atoms with Crippen LogP contribution < -0.4 is 16.4 Å². The average Bonchev–Trinajstić information content (AvgIpc) is 3.09. The lowest BCUT2D eigenvalue weighted by atomic mass is 10.0. The first-order valence-electron chi connectivity index (χ1n) is 10.8. The summed E-state index contributed by atoms with van der Waals surface area (Å²) < 4.78 is 5.44. The summed E-state index contributed by atoms with van der Waals surface area (Å²) >= 11 is 0. The standard InChI is InChI=1S/C24H29N5O3/c1-24(2,3)32-23(31)29-11-9-15(10-12-29)26-14-16(13-25)27-19-7-8-20-21-17(19)5-4-6-18(21)22(30)28-20/h4-8,13-15,27H,9-12,25H2,1-3H3,(H,28,30)/b16-13+,26-14?. The Labute approximate surface area is 187 Å². The van der Waals surface area contributed by atoms with Crippen LogP contribution in [-0.2, 0) is 4.74 Å². The molecule has 4 N–H and O–H groups in total. The maximum atomic E-state index is 12.2. The Morgan fingerprint density at radius 1 is 1.25 bits per heavy atom. The van der Waals surface area contributed by atoms with E-state index < -0.39 is 5.60 Å². The van der Waals surface area contributed by atoms with Crippen molar-refractivity contribution >= 4 is 40.4 Å². The minimum absolute atomic E-state index is 0.0865. The number of carbonyl (C=O) groups is 2. The van der Waals surface area contributed by atoms with E-state index in [1.165, 1.54) is 6.20 Å². The summed E-state index contributed by atoms with van der Waals surface area (Å²) in [6.45, 7) is 6.83. The van der Waals surface area contributed by atoms with E-state index in [4.69, 9.17) is 10.5 Å². The second-order valence-electron chi connectivity index (χ2n) is 9.07. The summed E-state index contributed by atoms with van der Waals surface area (Å²) in [6, 6.07) is 9.59. The highest BCUT2D eigenvalue weighted by Crippen LogP contribution is 2.37. The lowest BCUT2D eigenvalue weighted by molar-refractivity contribution is 0.0207. The molecule has 4 rings (SSSR count). The smallest absolute Gasteiger partial charge is 0.410 e. The summed E-state index contributed by atoms with van der Waals surface area (Å²) in [5, 5.41) is 8.06. The van der Waals surface area contributed by atoms with Crippen molar-refractivity contribution in [3.63, 3.8) is 0 Å². The summed E-state index contributed by atoms with van der Waals surface area (Å²) in [5.74, 6) is -0.0865. The molecule has 0 atom stereocenters. The third-order valence-electron chi connectivity index (χ3n) is 5.53. The molecule has 0 radical (unpaired) electrons. The number of amides is 2. The molecule has 0 bridgehead atoms. The molecule has 0 saturated carbocycles. The quantitative estimate of drug-likeness (QED) is 0.627. The highest BCUT2D eigenvalue weighted by Gasteiger charge is 2.26. The molecule has 2 aromatic carbocycles. The average molecular weight is 436 g/mol. The predicted molar refractivity (Wildman–Crippen MR) is 127 cm³/mol. The zero-order chi connectivity index (χ0) is 22.9. The van der Waals surface area contributed by atoms with E-state index in [1.54, 1.807) is 11.1 Å². The van der Waals surface area contributed by atoms with Gasteiger partial charge in [0.2, 0.25) is 0 Å². The maximum absolute atomic E-state index is 12.2. The summed E-state index contributed by atoms with van der Waals surface area (Å²) in [6.07, 6.45) is 4.47. The minimum Gasteiger partial charge on any atom is -0.444 e. The van der Waals surface area contributed by atoms with Crippen LogP contribution in [0.1, 0.15) is 44.0 Å². The zero-order valence-electron chi connectivity index (χ0n) is 18.6. The van der Waals surface area contributed by atoms with Crippen LogP contribution in [0.2, 0.25) is 0 Å². The van der Waals surface area contributed by atoms with Crippen molar-refractivity contribution in [2.24, 2.45) is 10.7 Å². The van der Waals surface area contributed by atoms with Crippen LogP contribution in [-0.4, -0.2) is 47.8 Å². The number of hydrogen-bond donors (Lipinski definition) is 3. The Balaban J connectivity index is 1.40. The second-order valence-corrected chi connectivity index (χ2v) is 9.07. The Bertz CT molecular complexity index is 1110. The number of carbonyl (C=O) groups excluding carboxylic acids is 2. The van der Waals surface area contributed by atoms with E-state index in [0.717, 1.165) is 35.0 Å². The fourth-order valence-electron chi connectivity index (χ4n) is 3.98. The van der Waals surface area contributed by atoms with Gasteiger partial charge in [-0.25, -0.2) is 4.79 Å². The van der Waals surface area contributed by atoms with Crippen LogP contribution in [0.4, 0.5) is 16.2 Å². The van der Waals surface area contributed by atoms with Crippen LogP contribution in [0.25, 0.3) is 10.8 Å². The molecule has 1 fully saturated rings. The summed E-state index contributed by atoms with van der Waals surface area (Å²) in [4.78, 5) is 30.8. The van der Waals surface area contributed by atoms with Crippen molar-refractivity contribution in [2.75, 3.05) is 23.7 Å². The molecule has 0 spiro atoms. The number of anilines is 2. The number of nitrogens with zero attached hydrogens (tertiary/aromatic N) is 2. The van der Waals surface area contributed by atoms with Gasteiger partial charge in [-0.3, -0.25) is 9.79 Å². The molecule has 32 heavy (non-hydrogen) atoms. The first-order chi connectivity index (χ1) is 15.2. The van der Waals surface area contributed by atoms with E-state index in [0.29, 0.717) is 24.4 Å². The van der Waals surface area contributed by atoms with Crippen molar-refractivity contribution in [3.05, 3.63) is 47.8 Å². The van der Waals surface area contributed by atoms with Gasteiger partial charge >= 0.3 is 6.09 Å². The lowest BCUT2D eigenvalue weighted by Crippen LogP contribution is -2.42. The molecule has 2 heterocycles. The Morgan fingerprint density at radius 2 is 2.00 bits per heavy atom. The molecular weight excluding hydrogens is 406 g/mol. The third-order valence-corrected chi connectivity index (χ3v) is 5.53. The van der Waals surface area contributed by atoms with Gasteiger partial charge in [0.1, 0.15) is 5.60 Å². The van der Waals surface area contributed by atoms with Gasteiger partial charge in [0, 0.05) is 53.2 Å². The van der Waals surface area contributed by atoms with Crippen molar-refractivity contribution < 1.29 is 14.3 Å². The number of allylic oxidation sites excluding steroid dienone is 1. The fourth-order valence-corrected chi connectivity index (χ4v) is 3.98. The molecule has 8 nitrogen and oxygen atoms in total. The van der Waals surface area contributed by atoms with E-state index in [9.17, 15) is 9.59 Å². The monoisotopic (exact) mass is 435 g/mol. The molecule has 2 amide bonds. The van der Waals surface area contributed by atoms with Crippen molar-refractivity contribution in [1.29, 1.82) is 0 Å². The number of likely N-dealkylation sites (tertiary alicyclic amines) is 1. The van der Waals surface area contributed by atoms with Crippen LogP contribution in [0.3, 0.4) is 0 Å². The molecular formula is C24H29N5O3. The van der Waals surface area contributed by atoms with E-state index in [-0.39, 0.29) is 18.0 Å². The fraction of sp³-hybridized carbons (Fsp3) is 0.375. The topological polar surface area (TPSA) is 109 Å². The van der Waals surface area contributed by atoms with E-state index >= 15 is 0 Å². The van der Waals surface area contributed by atoms with Crippen LogP contribution in [0, 0.1) is 0 Å². The predicted octanol–water partition coefficient (Wildman–Crippen LogP) is 4.09. The lowest BCUT2D eigenvalue weighted by Gasteiger charge is -2.32. The third kappa shape index (κ3) is 4.54. The molecule has 0 aliphatic carbocycles. The highest BCUT2D eigenvalue weighted by atomic mass is 16.6. The van der Waals surface area contributed by atoms with Crippen molar-refractivity contribution in [3.8, 4) is 0 Å². The van der Waals surface area contributed by atoms with Crippen molar-refractivity contribution in [2.45, 2.75) is 45.3 Å². The van der Waals surface area contributed by atoms with Crippen LogP contribution in [0.15, 0.2) is 47.2 Å². The SMILES string of the molecule is CC(C)(C)OC(=O)N1CCC(N=C/C(=C\N)Nc2ccc3c4c(cccc24)C(=O)N3)CC1. The van der Waals surface area contributed by atoms with E-state index in [1.807, 2.05) is 51.1 Å². The normalized spacial score (nSPS) is 17.2. The number of benzene rings is 2. The van der Waals surface area contributed by atoms with Crippen molar-refractivity contribution in [1.82, 2.24) is 4.90 Å². The maximum Gasteiger partial charge on any atom is 0.410 e. The second kappa shape index (κ2) is 8.53. The number of rotatable bonds is 4. The summed E-state index contributed by atoms with van der Waals surface area (Å²) in [7, 11) is 0. The number of aliphatic imine (C=N–C) groups is 1. The van der Waals surface area contributed by atoms with Crippen LogP contribution in [0.5, 0.6) is 0 Å². The van der Waals surface area contributed by atoms with Gasteiger partial charge < -0.3 is 26.0 Å².